The average Bonchev–Trinajstić information content (AvgIpc) is 2.79. The topological polar surface area (TPSA) is 44.0 Å². The van der Waals surface area contributed by atoms with Gasteiger partial charge in [0.25, 0.3) is 0 Å². The fourth-order valence-corrected chi connectivity index (χ4v) is 1.47. The summed E-state index contributed by atoms with van der Waals surface area (Å²) in [5.41, 5.74) is 2.28. The van der Waals surface area contributed by atoms with Gasteiger partial charge in [0, 0.05) is 37.9 Å². The van der Waals surface area contributed by atoms with Crippen LogP contribution in [-0.4, -0.2) is 24.1 Å². The third kappa shape index (κ3) is 2.53. The first kappa shape index (κ1) is 10.5. The van der Waals surface area contributed by atoms with Gasteiger partial charge in [-0.25, -0.2) is 4.98 Å². The molecule has 0 bridgehead atoms. The van der Waals surface area contributed by atoms with Crippen LogP contribution in [0, 0.1) is 0 Å². The molecule has 16 heavy (non-hydrogen) atoms. The summed E-state index contributed by atoms with van der Waals surface area (Å²) in [5.74, 6) is 0.940. The first-order valence-corrected chi connectivity index (χ1v) is 5.25. The van der Waals surface area contributed by atoms with Gasteiger partial charge in [0.2, 0.25) is 0 Å². The maximum Gasteiger partial charge on any atom is 0.125 e. The Balaban J connectivity index is 2.01. The molecular formula is C12H16N4. The summed E-state index contributed by atoms with van der Waals surface area (Å²) < 4.78 is 0. The van der Waals surface area contributed by atoms with Crippen molar-refractivity contribution < 1.29 is 0 Å². The van der Waals surface area contributed by atoms with Crippen molar-refractivity contribution in [3.05, 3.63) is 42.5 Å². The Morgan fingerprint density at radius 3 is 2.94 bits per heavy atom. The van der Waals surface area contributed by atoms with E-state index in [4.69, 9.17) is 0 Å². The fourth-order valence-electron chi connectivity index (χ4n) is 1.47. The number of aromatic amines is 1. The normalized spacial score (nSPS) is 10.1. The number of hydrogen-bond acceptors (Lipinski definition) is 3. The van der Waals surface area contributed by atoms with E-state index in [1.54, 1.807) is 6.20 Å². The maximum atomic E-state index is 4.16. The zero-order valence-electron chi connectivity index (χ0n) is 9.57. The van der Waals surface area contributed by atoms with E-state index in [1.165, 1.54) is 5.69 Å². The monoisotopic (exact) mass is 216 g/mol. The molecule has 0 spiro atoms. The Kier molecular flexibility index (Phi) is 3.10. The number of rotatable bonds is 4. The van der Waals surface area contributed by atoms with E-state index in [2.05, 4.69) is 38.4 Å². The third-order valence-corrected chi connectivity index (χ3v) is 2.38. The molecule has 2 N–H and O–H groups in total. The van der Waals surface area contributed by atoms with Gasteiger partial charge in [-0.1, -0.05) is 6.07 Å². The summed E-state index contributed by atoms with van der Waals surface area (Å²) in [5, 5.41) is 3.32. The molecule has 1 aromatic heterocycles. The highest BCUT2D eigenvalue weighted by Crippen LogP contribution is 2.17. The first-order chi connectivity index (χ1) is 7.75. The molecule has 2 rings (SSSR count). The van der Waals surface area contributed by atoms with Crippen LogP contribution in [0.2, 0.25) is 0 Å². The van der Waals surface area contributed by atoms with Crippen molar-refractivity contribution in [2.45, 2.75) is 6.54 Å². The van der Waals surface area contributed by atoms with Gasteiger partial charge in [0.05, 0.1) is 6.54 Å². The summed E-state index contributed by atoms with van der Waals surface area (Å²) >= 11 is 0. The molecule has 1 aromatic carbocycles. The summed E-state index contributed by atoms with van der Waals surface area (Å²) in [4.78, 5) is 9.30. The fraction of sp³-hybridized carbons (Fsp3) is 0.250. The predicted molar refractivity (Wildman–Crippen MR) is 66.7 cm³/mol. The second-order valence-corrected chi connectivity index (χ2v) is 3.83. The van der Waals surface area contributed by atoms with E-state index in [0.717, 1.165) is 11.5 Å². The molecule has 0 amide bonds. The molecule has 0 aliphatic carbocycles. The maximum absolute atomic E-state index is 4.16. The number of anilines is 2. The average molecular weight is 216 g/mol. The Labute approximate surface area is 95.3 Å². The second kappa shape index (κ2) is 4.70. The zero-order valence-corrected chi connectivity index (χ0v) is 9.57. The summed E-state index contributed by atoms with van der Waals surface area (Å²) in [6.07, 6.45) is 3.58. The molecule has 84 valence electrons. The van der Waals surface area contributed by atoms with Crippen molar-refractivity contribution >= 4 is 11.4 Å². The highest BCUT2D eigenvalue weighted by molar-refractivity contribution is 5.57. The van der Waals surface area contributed by atoms with Crippen LogP contribution in [0.5, 0.6) is 0 Å². The standard InChI is InChI=1S/C12H16N4/c1-16(2)11-5-3-4-10(8-11)15-9-12-13-6-7-14-12/h3-8,15H,9H2,1-2H3,(H,13,14). The lowest BCUT2D eigenvalue weighted by Gasteiger charge is -2.14. The number of nitrogens with zero attached hydrogens (tertiary/aromatic N) is 2. The van der Waals surface area contributed by atoms with Crippen LogP contribution in [0.1, 0.15) is 5.82 Å². The van der Waals surface area contributed by atoms with Crippen molar-refractivity contribution in [2.75, 3.05) is 24.3 Å². The summed E-state index contributed by atoms with van der Waals surface area (Å²) in [6.45, 7) is 0.712. The smallest absolute Gasteiger partial charge is 0.125 e. The minimum atomic E-state index is 0.712. The van der Waals surface area contributed by atoms with Gasteiger partial charge in [-0.15, -0.1) is 0 Å². The lowest BCUT2D eigenvalue weighted by atomic mass is 10.2. The predicted octanol–water partition coefficient (Wildman–Crippen LogP) is 2.09. The molecule has 2 aromatic rings. The molecule has 0 saturated carbocycles. The number of imidazole rings is 1. The molecule has 0 aliphatic rings. The highest BCUT2D eigenvalue weighted by atomic mass is 15.1. The van der Waals surface area contributed by atoms with Gasteiger partial charge >= 0.3 is 0 Å². The van der Waals surface area contributed by atoms with E-state index in [0.29, 0.717) is 6.54 Å². The molecular weight excluding hydrogens is 200 g/mol. The first-order valence-electron chi connectivity index (χ1n) is 5.25. The van der Waals surface area contributed by atoms with Crippen LogP contribution in [-0.2, 0) is 6.54 Å². The van der Waals surface area contributed by atoms with Gasteiger partial charge in [-0.3, -0.25) is 0 Å². The van der Waals surface area contributed by atoms with Crippen LogP contribution in [0.3, 0.4) is 0 Å². The van der Waals surface area contributed by atoms with E-state index >= 15 is 0 Å². The molecule has 0 atom stereocenters. The lowest BCUT2D eigenvalue weighted by Crippen LogP contribution is -2.09. The Morgan fingerprint density at radius 2 is 2.25 bits per heavy atom. The van der Waals surface area contributed by atoms with Gasteiger partial charge in [-0.2, -0.15) is 0 Å². The number of hydrogen-bond donors (Lipinski definition) is 2. The van der Waals surface area contributed by atoms with Gasteiger partial charge < -0.3 is 15.2 Å². The molecule has 4 nitrogen and oxygen atoms in total. The Hall–Kier alpha value is -1.97. The van der Waals surface area contributed by atoms with E-state index < -0.39 is 0 Å². The van der Waals surface area contributed by atoms with Crippen molar-refractivity contribution in [2.24, 2.45) is 0 Å². The van der Waals surface area contributed by atoms with Crippen molar-refractivity contribution in [1.82, 2.24) is 9.97 Å². The van der Waals surface area contributed by atoms with Crippen LogP contribution in [0.25, 0.3) is 0 Å². The van der Waals surface area contributed by atoms with E-state index in [1.807, 2.05) is 26.4 Å². The molecule has 0 unspecified atom stereocenters. The molecule has 0 saturated heterocycles. The van der Waals surface area contributed by atoms with E-state index in [-0.39, 0.29) is 0 Å². The summed E-state index contributed by atoms with van der Waals surface area (Å²) in [6, 6.07) is 8.29. The van der Waals surface area contributed by atoms with E-state index in [9.17, 15) is 0 Å². The summed E-state index contributed by atoms with van der Waals surface area (Å²) in [7, 11) is 4.07. The Morgan fingerprint density at radius 1 is 1.38 bits per heavy atom. The SMILES string of the molecule is CN(C)c1cccc(NCc2ncc[nH]2)c1. The Bertz CT molecular complexity index is 434. The van der Waals surface area contributed by atoms with Crippen molar-refractivity contribution in [1.29, 1.82) is 0 Å². The number of aromatic nitrogens is 2. The third-order valence-electron chi connectivity index (χ3n) is 2.38. The molecule has 1 heterocycles. The molecule has 0 radical (unpaired) electrons. The molecule has 0 aliphatic heterocycles. The van der Waals surface area contributed by atoms with Gasteiger partial charge in [0.1, 0.15) is 5.82 Å². The number of H-pyrrole nitrogens is 1. The van der Waals surface area contributed by atoms with Crippen LogP contribution >= 0.6 is 0 Å². The van der Waals surface area contributed by atoms with Crippen LogP contribution in [0.4, 0.5) is 11.4 Å². The number of nitrogens with one attached hydrogen (secondary N) is 2. The highest BCUT2D eigenvalue weighted by Gasteiger charge is 1.98. The largest absolute Gasteiger partial charge is 0.378 e. The molecule has 0 fully saturated rings. The minimum Gasteiger partial charge on any atom is -0.378 e. The van der Waals surface area contributed by atoms with Crippen LogP contribution in [0.15, 0.2) is 36.7 Å². The van der Waals surface area contributed by atoms with Crippen molar-refractivity contribution in [3.63, 3.8) is 0 Å². The lowest BCUT2D eigenvalue weighted by molar-refractivity contribution is 0.999. The minimum absolute atomic E-state index is 0.712. The zero-order chi connectivity index (χ0) is 11.4. The quantitative estimate of drug-likeness (QED) is 0.822. The van der Waals surface area contributed by atoms with Crippen LogP contribution < -0.4 is 10.2 Å². The van der Waals surface area contributed by atoms with Gasteiger partial charge in [0.15, 0.2) is 0 Å². The number of benzene rings is 1. The molecule has 4 heteroatoms. The second-order valence-electron chi connectivity index (χ2n) is 3.83. The van der Waals surface area contributed by atoms with Gasteiger partial charge in [-0.05, 0) is 18.2 Å². The van der Waals surface area contributed by atoms with Crippen molar-refractivity contribution in [3.8, 4) is 0 Å².